The Morgan fingerprint density at radius 3 is 2.36 bits per heavy atom. The zero-order valence-corrected chi connectivity index (χ0v) is 20.5. The Morgan fingerprint density at radius 1 is 0.909 bits per heavy atom. The van der Waals surface area contributed by atoms with Crippen molar-refractivity contribution in [3.05, 3.63) is 76.3 Å². The molecule has 0 aliphatic rings. The van der Waals surface area contributed by atoms with Crippen LogP contribution < -0.4 is 20.1 Å². The van der Waals surface area contributed by atoms with E-state index in [9.17, 15) is 9.59 Å². The fourth-order valence-electron chi connectivity index (χ4n) is 2.92. The third kappa shape index (κ3) is 6.35. The second-order valence-corrected chi connectivity index (χ2v) is 9.10. The highest BCUT2D eigenvalue weighted by atomic mass is 35.5. The summed E-state index contributed by atoms with van der Waals surface area (Å²) < 4.78 is 10.5. The van der Waals surface area contributed by atoms with Gasteiger partial charge in [-0.2, -0.15) is 0 Å². The maximum atomic E-state index is 12.7. The van der Waals surface area contributed by atoms with Crippen molar-refractivity contribution in [3.63, 3.8) is 0 Å². The topological polar surface area (TPSA) is 76.7 Å². The number of rotatable bonds is 8. The second kappa shape index (κ2) is 11.3. The molecule has 2 amide bonds. The molecule has 3 rings (SSSR count). The monoisotopic (exact) mass is 504 g/mol. The van der Waals surface area contributed by atoms with Gasteiger partial charge < -0.3 is 20.1 Å². The van der Waals surface area contributed by atoms with Crippen LogP contribution in [0.5, 0.6) is 11.5 Å². The fraction of sp³-hybridized carbons (Fsp3) is 0.167. The molecule has 3 aromatic rings. The first-order valence-electron chi connectivity index (χ1n) is 9.87. The summed E-state index contributed by atoms with van der Waals surface area (Å²) in [6.45, 7) is 1.79. The number of benzene rings is 3. The first-order valence-corrected chi connectivity index (χ1v) is 11.5. The summed E-state index contributed by atoms with van der Waals surface area (Å²) in [6.07, 6.45) is 0. The van der Waals surface area contributed by atoms with Crippen LogP contribution in [0.3, 0.4) is 0 Å². The molecule has 1 unspecified atom stereocenters. The molecule has 2 N–H and O–H groups in total. The van der Waals surface area contributed by atoms with Crippen LogP contribution in [-0.4, -0.2) is 31.3 Å². The number of nitrogens with one attached hydrogen (secondary N) is 2. The summed E-state index contributed by atoms with van der Waals surface area (Å²) >= 11 is 13.5. The molecule has 33 heavy (non-hydrogen) atoms. The van der Waals surface area contributed by atoms with Gasteiger partial charge in [0, 0.05) is 16.1 Å². The molecule has 0 saturated carbocycles. The molecule has 0 heterocycles. The molecule has 0 bridgehead atoms. The van der Waals surface area contributed by atoms with E-state index < -0.39 is 5.25 Å². The lowest BCUT2D eigenvalue weighted by Crippen LogP contribution is -2.22. The second-order valence-electron chi connectivity index (χ2n) is 6.90. The van der Waals surface area contributed by atoms with Gasteiger partial charge in [-0.1, -0.05) is 35.3 Å². The van der Waals surface area contributed by atoms with Crippen LogP contribution in [0.2, 0.25) is 10.0 Å². The summed E-state index contributed by atoms with van der Waals surface area (Å²) in [5, 5.41) is 5.90. The van der Waals surface area contributed by atoms with Gasteiger partial charge >= 0.3 is 0 Å². The van der Waals surface area contributed by atoms with Crippen molar-refractivity contribution in [3.8, 4) is 11.5 Å². The number of thioether (sulfide) groups is 1. The maximum Gasteiger partial charge on any atom is 0.255 e. The van der Waals surface area contributed by atoms with Gasteiger partial charge in [0.05, 0.1) is 35.2 Å². The van der Waals surface area contributed by atoms with Crippen LogP contribution in [0.25, 0.3) is 0 Å². The smallest absolute Gasteiger partial charge is 0.255 e. The number of hydrogen-bond acceptors (Lipinski definition) is 5. The van der Waals surface area contributed by atoms with Crippen LogP contribution >= 0.6 is 35.0 Å². The van der Waals surface area contributed by atoms with Crippen molar-refractivity contribution >= 4 is 58.2 Å². The first-order chi connectivity index (χ1) is 15.8. The van der Waals surface area contributed by atoms with Crippen LogP contribution in [0.1, 0.15) is 17.3 Å². The molecule has 1 atom stereocenters. The Bertz CT molecular complexity index is 1170. The largest absolute Gasteiger partial charge is 0.493 e. The minimum atomic E-state index is -0.420. The van der Waals surface area contributed by atoms with Gasteiger partial charge in [-0.15, -0.1) is 11.8 Å². The maximum absolute atomic E-state index is 12.7. The Kier molecular flexibility index (Phi) is 8.49. The number of hydrogen-bond donors (Lipinski definition) is 2. The van der Waals surface area contributed by atoms with E-state index in [4.69, 9.17) is 32.7 Å². The minimum absolute atomic E-state index is 0.219. The van der Waals surface area contributed by atoms with Crippen molar-refractivity contribution in [2.24, 2.45) is 0 Å². The average Bonchev–Trinajstić information content (AvgIpc) is 2.81. The average molecular weight is 505 g/mol. The molecule has 3 aromatic carbocycles. The highest BCUT2D eigenvalue weighted by molar-refractivity contribution is 8.00. The Labute approximate surface area is 206 Å². The standard InChI is InChI=1S/C24H22Cl2N2O4S/c1-14(23(29)28-19-9-5-8-18(25)22(19)26)33-17-7-4-6-16(13-17)27-24(30)15-10-11-20(31-2)21(12-15)32-3/h4-14H,1-3H3,(H,27,30)(H,28,29). The van der Waals surface area contributed by atoms with E-state index >= 15 is 0 Å². The van der Waals surface area contributed by atoms with E-state index in [1.165, 1.54) is 26.0 Å². The number of carbonyl (C=O) groups is 2. The molecule has 0 fully saturated rings. The molecular weight excluding hydrogens is 483 g/mol. The van der Waals surface area contributed by atoms with Gasteiger partial charge in [0.2, 0.25) is 5.91 Å². The summed E-state index contributed by atoms with van der Waals surface area (Å²) in [5.74, 6) is 0.497. The van der Waals surface area contributed by atoms with Gasteiger partial charge in [0.25, 0.3) is 5.91 Å². The summed E-state index contributed by atoms with van der Waals surface area (Å²) in [6, 6.07) is 17.3. The van der Waals surface area contributed by atoms with E-state index in [1.54, 1.807) is 55.5 Å². The van der Waals surface area contributed by atoms with Crippen molar-refractivity contribution in [1.29, 1.82) is 0 Å². The van der Waals surface area contributed by atoms with Gasteiger partial charge in [0.1, 0.15) is 0 Å². The van der Waals surface area contributed by atoms with Crippen LogP contribution in [-0.2, 0) is 4.79 Å². The number of halogens is 2. The predicted molar refractivity (Wildman–Crippen MR) is 134 cm³/mol. The highest BCUT2D eigenvalue weighted by Crippen LogP contribution is 2.32. The Hall–Kier alpha value is -2.87. The molecule has 172 valence electrons. The Morgan fingerprint density at radius 2 is 1.64 bits per heavy atom. The summed E-state index contributed by atoms with van der Waals surface area (Å²) in [5.41, 5.74) is 1.49. The third-order valence-electron chi connectivity index (χ3n) is 4.63. The molecule has 6 nitrogen and oxygen atoms in total. The summed E-state index contributed by atoms with van der Waals surface area (Å²) in [7, 11) is 3.05. The van der Waals surface area contributed by atoms with Crippen LogP contribution in [0.4, 0.5) is 11.4 Å². The quantitative estimate of drug-likeness (QED) is 0.348. The van der Waals surface area contributed by atoms with Crippen molar-refractivity contribution < 1.29 is 19.1 Å². The van der Waals surface area contributed by atoms with E-state index in [0.29, 0.717) is 38.5 Å². The fourth-order valence-corrected chi connectivity index (χ4v) is 4.19. The molecular formula is C24H22Cl2N2O4S. The van der Waals surface area contributed by atoms with Gasteiger partial charge in [0.15, 0.2) is 11.5 Å². The van der Waals surface area contributed by atoms with E-state index in [0.717, 1.165) is 4.90 Å². The Balaban J connectivity index is 1.66. The lowest BCUT2D eigenvalue weighted by atomic mass is 10.2. The molecule has 0 aliphatic carbocycles. The molecule has 0 saturated heterocycles. The van der Waals surface area contributed by atoms with Crippen molar-refractivity contribution in [1.82, 2.24) is 0 Å². The van der Waals surface area contributed by atoms with Crippen molar-refractivity contribution in [2.75, 3.05) is 24.9 Å². The van der Waals surface area contributed by atoms with E-state index in [1.807, 2.05) is 12.1 Å². The molecule has 9 heteroatoms. The predicted octanol–water partition coefficient (Wildman–Crippen LogP) is 6.38. The highest BCUT2D eigenvalue weighted by Gasteiger charge is 2.17. The minimum Gasteiger partial charge on any atom is -0.493 e. The lowest BCUT2D eigenvalue weighted by molar-refractivity contribution is -0.115. The van der Waals surface area contributed by atoms with Gasteiger partial charge in [-0.05, 0) is 55.5 Å². The number of anilines is 2. The summed E-state index contributed by atoms with van der Waals surface area (Å²) in [4.78, 5) is 26.1. The number of ether oxygens (including phenoxy) is 2. The zero-order valence-electron chi connectivity index (χ0n) is 18.1. The van der Waals surface area contributed by atoms with Gasteiger partial charge in [-0.3, -0.25) is 9.59 Å². The van der Waals surface area contributed by atoms with Crippen LogP contribution in [0, 0.1) is 0 Å². The molecule has 0 aliphatic heterocycles. The molecule has 0 radical (unpaired) electrons. The zero-order chi connectivity index (χ0) is 24.0. The normalized spacial score (nSPS) is 11.4. The number of amides is 2. The number of carbonyl (C=O) groups excluding carboxylic acids is 2. The van der Waals surface area contributed by atoms with Gasteiger partial charge in [-0.25, -0.2) is 0 Å². The molecule has 0 spiro atoms. The van der Waals surface area contributed by atoms with Crippen molar-refractivity contribution in [2.45, 2.75) is 17.1 Å². The number of methoxy groups -OCH3 is 2. The SMILES string of the molecule is COc1ccc(C(=O)Nc2cccc(SC(C)C(=O)Nc3cccc(Cl)c3Cl)c2)cc1OC. The molecule has 0 aromatic heterocycles. The lowest BCUT2D eigenvalue weighted by Gasteiger charge is -2.14. The van der Waals surface area contributed by atoms with E-state index in [2.05, 4.69) is 10.6 Å². The third-order valence-corrected chi connectivity index (χ3v) is 6.54. The first kappa shape index (κ1) is 24.8. The van der Waals surface area contributed by atoms with Crippen LogP contribution in [0.15, 0.2) is 65.6 Å². The van der Waals surface area contributed by atoms with E-state index in [-0.39, 0.29) is 11.8 Å².